The summed E-state index contributed by atoms with van der Waals surface area (Å²) in [6, 6.07) is 4.52. The van der Waals surface area contributed by atoms with Crippen LogP contribution in [0.1, 0.15) is 11.1 Å². The molecule has 1 aromatic carbocycles. The van der Waals surface area contributed by atoms with Gasteiger partial charge in [-0.05, 0) is 25.5 Å². The summed E-state index contributed by atoms with van der Waals surface area (Å²) < 4.78 is 5.50. The molecule has 7 heteroatoms. The van der Waals surface area contributed by atoms with Crippen LogP contribution in [0.25, 0.3) is 0 Å². The number of aromatic nitrogens is 2. The van der Waals surface area contributed by atoms with Gasteiger partial charge in [-0.15, -0.1) is 0 Å². The van der Waals surface area contributed by atoms with Gasteiger partial charge in [0, 0.05) is 11.6 Å². The first-order valence-electron chi connectivity index (χ1n) is 5.48. The lowest BCUT2D eigenvalue weighted by atomic mass is 10.1. The molecule has 0 saturated carbocycles. The van der Waals surface area contributed by atoms with Crippen molar-refractivity contribution in [3.05, 3.63) is 45.8 Å². The van der Waals surface area contributed by atoms with E-state index in [1.807, 2.05) is 0 Å². The molecule has 0 spiro atoms. The number of hydrogen-bond acceptors (Lipinski definition) is 6. The van der Waals surface area contributed by atoms with E-state index in [1.54, 1.807) is 19.9 Å². The van der Waals surface area contributed by atoms with Crippen molar-refractivity contribution in [1.82, 2.24) is 9.97 Å². The molecule has 0 amide bonds. The highest BCUT2D eigenvalue weighted by molar-refractivity contribution is 5.50. The fourth-order valence-electron chi connectivity index (χ4n) is 1.65. The van der Waals surface area contributed by atoms with Crippen LogP contribution in [-0.4, -0.2) is 14.9 Å². The van der Waals surface area contributed by atoms with Gasteiger partial charge in [-0.3, -0.25) is 10.1 Å². The van der Waals surface area contributed by atoms with Crippen LogP contribution in [0.3, 0.4) is 0 Å². The second-order valence-corrected chi connectivity index (χ2v) is 4.04. The maximum absolute atomic E-state index is 10.9. The van der Waals surface area contributed by atoms with Gasteiger partial charge >= 0.3 is 0 Å². The van der Waals surface area contributed by atoms with Crippen molar-refractivity contribution in [2.45, 2.75) is 13.8 Å². The molecule has 0 aliphatic carbocycles. The van der Waals surface area contributed by atoms with Crippen molar-refractivity contribution in [2.24, 2.45) is 0 Å². The Kier molecular flexibility index (Phi) is 3.28. The minimum Gasteiger partial charge on any atom is -0.438 e. The SMILES string of the molecule is Cc1cc(C)c([N+](=O)[O-])cc1Oc1cc(N)ncn1. The number of nitro benzene ring substituents is 1. The summed E-state index contributed by atoms with van der Waals surface area (Å²) in [7, 11) is 0. The molecule has 2 rings (SSSR count). The summed E-state index contributed by atoms with van der Waals surface area (Å²) in [5, 5.41) is 10.9. The number of rotatable bonds is 3. The number of nitro groups is 1. The quantitative estimate of drug-likeness (QED) is 0.671. The average molecular weight is 260 g/mol. The average Bonchev–Trinajstić information content (AvgIpc) is 2.32. The molecule has 0 radical (unpaired) electrons. The van der Waals surface area contributed by atoms with E-state index < -0.39 is 4.92 Å². The largest absolute Gasteiger partial charge is 0.438 e. The van der Waals surface area contributed by atoms with Crippen LogP contribution < -0.4 is 10.5 Å². The Morgan fingerprint density at radius 2 is 1.95 bits per heavy atom. The number of aryl methyl sites for hydroxylation is 2. The van der Waals surface area contributed by atoms with Gasteiger partial charge in [0.25, 0.3) is 5.69 Å². The summed E-state index contributed by atoms with van der Waals surface area (Å²) in [5.74, 6) is 0.883. The Balaban J connectivity index is 2.40. The zero-order chi connectivity index (χ0) is 14.0. The highest BCUT2D eigenvalue weighted by atomic mass is 16.6. The third kappa shape index (κ3) is 2.76. The van der Waals surface area contributed by atoms with E-state index >= 15 is 0 Å². The summed E-state index contributed by atoms with van der Waals surface area (Å²) in [6.45, 7) is 3.48. The summed E-state index contributed by atoms with van der Waals surface area (Å²) in [6.07, 6.45) is 1.27. The minimum atomic E-state index is -0.448. The summed E-state index contributed by atoms with van der Waals surface area (Å²) >= 11 is 0. The van der Waals surface area contributed by atoms with Crippen LogP contribution >= 0.6 is 0 Å². The first-order chi connectivity index (χ1) is 8.97. The van der Waals surface area contributed by atoms with Crippen LogP contribution in [0.2, 0.25) is 0 Å². The van der Waals surface area contributed by atoms with E-state index in [1.165, 1.54) is 18.5 Å². The second-order valence-electron chi connectivity index (χ2n) is 4.04. The smallest absolute Gasteiger partial charge is 0.276 e. The highest BCUT2D eigenvalue weighted by Gasteiger charge is 2.15. The monoisotopic (exact) mass is 260 g/mol. The lowest BCUT2D eigenvalue weighted by molar-refractivity contribution is -0.385. The molecule has 1 heterocycles. The first-order valence-corrected chi connectivity index (χ1v) is 5.48. The molecule has 0 saturated heterocycles. The predicted octanol–water partition coefficient (Wildman–Crippen LogP) is 2.38. The maximum atomic E-state index is 10.9. The topological polar surface area (TPSA) is 104 Å². The van der Waals surface area contributed by atoms with Crippen LogP contribution in [-0.2, 0) is 0 Å². The van der Waals surface area contributed by atoms with Crippen molar-refractivity contribution in [1.29, 1.82) is 0 Å². The van der Waals surface area contributed by atoms with Crippen molar-refractivity contribution in [3.8, 4) is 11.6 Å². The first kappa shape index (κ1) is 12.7. The second kappa shape index (κ2) is 4.89. The number of benzene rings is 1. The van der Waals surface area contributed by atoms with Crippen LogP contribution in [0.15, 0.2) is 24.5 Å². The lowest BCUT2D eigenvalue weighted by Crippen LogP contribution is -1.97. The van der Waals surface area contributed by atoms with E-state index in [4.69, 9.17) is 10.5 Å². The lowest BCUT2D eigenvalue weighted by Gasteiger charge is -2.09. The third-order valence-electron chi connectivity index (χ3n) is 2.57. The number of nitrogens with zero attached hydrogens (tertiary/aromatic N) is 3. The minimum absolute atomic E-state index is 0.00243. The summed E-state index contributed by atoms with van der Waals surface area (Å²) in [4.78, 5) is 18.1. The predicted molar refractivity (Wildman–Crippen MR) is 69.1 cm³/mol. The van der Waals surface area contributed by atoms with Crippen molar-refractivity contribution in [3.63, 3.8) is 0 Å². The van der Waals surface area contributed by atoms with Crippen molar-refractivity contribution in [2.75, 3.05) is 5.73 Å². The molecule has 0 bridgehead atoms. The zero-order valence-corrected chi connectivity index (χ0v) is 10.5. The van der Waals surface area contributed by atoms with Gasteiger partial charge < -0.3 is 10.5 Å². The van der Waals surface area contributed by atoms with E-state index in [2.05, 4.69) is 9.97 Å². The molecule has 2 aromatic rings. The molecule has 0 aliphatic rings. The van der Waals surface area contributed by atoms with Crippen LogP contribution in [0.5, 0.6) is 11.6 Å². The van der Waals surface area contributed by atoms with Gasteiger partial charge in [-0.25, -0.2) is 9.97 Å². The van der Waals surface area contributed by atoms with E-state index in [0.717, 1.165) is 5.56 Å². The number of hydrogen-bond donors (Lipinski definition) is 1. The fraction of sp³-hybridized carbons (Fsp3) is 0.167. The van der Waals surface area contributed by atoms with Crippen molar-refractivity contribution >= 4 is 11.5 Å². The van der Waals surface area contributed by atoms with Gasteiger partial charge in [0.1, 0.15) is 17.9 Å². The molecule has 0 aliphatic heterocycles. The summed E-state index contributed by atoms with van der Waals surface area (Å²) in [5.41, 5.74) is 6.87. The van der Waals surface area contributed by atoms with Gasteiger partial charge in [0.05, 0.1) is 11.0 Å². The maximum Gasteiger partial charge on any atom is 0.276 e. The Morgan fingerprint density at radius 1 is 1.21 bits per heavy atom. The Morgan fingerprint density at radius 3 is 2.58 bits per heavy atom. The van der Waals surface area contributed by atoms with E-state index in [9.17, 15) is 10.1 Å². The Hall–Kier alpha value is -2.70. The molecule has 2 N–H and O–H groups in total. The van der Waals surface area contributed by atoms with Gasteiger partial charge in [0.2, 0.25) is 5.88 Å². The fourth-order valence-corrected chi connectivity index (χ4v) is 1.65. The number of nitrogens with two attached hydrogens (primary N) is 1. The third-order valence-corrected chi connectivity index (χ3v) is 2.57. The molecular weight excluding hydrogens is 248 g/mol. The molecular formula is C12H12N4O3. The standard InChI is InChI=1S/C12H12N4O3/c1-7-3-8(2)10(4-9(7)16(17)18)19-12-5-11(13)14-6-15-12/h3-6H,1-2H3,(H2,13,14,15). The molecule has 1 aromatic heterocycles. The molecule has 98 valence electrons. The molecule has 7 nitrogen and oxygen atoms in total. The van der Waals surface area contributed by atoms with Gasteiger partial charge in [-0.2, -0.15) is 0 Å². The Bertz CT molecular complexity index is 643. The Labute approximate surface area is 109 Å². The molecule has 0 fully saturated rings. The van der Waals surface area contributed by atoms with Crippen LogP contribution in [0.4, 0.5) is 11.5 Å². The van der Waals surface area contributed by atoms with Gasteiger partial charge in [-0.1, -0.05) is 0 Å². The number of nitrogen functional groups attached to an aromatic ring is 1. The highest BCUT2D eigenvalue weighted by Crippen LogP contribution is 2.30. The van der Waals surface area contributed by atoms with Crippen LogP contribution in [0, 0.1) is 24.0 Å². The molecule has 0 unspecified atom stereocenters. The molecule has 19 heavy (non-hydrogen) atoms. The normalized spacial score (nSPS) is 10.2. The van der Waals surface area contributed by atoms with Gasteiger partial charge in [0.15, 0.2) is 0 Å². The number of anilines is 1. The molecule has 0 atom stereocenters. The van der Waals surface area contributed by atoms with E-state index in [-0.39, 0.29) is 17.4 Å². The zero-order valence-electron chi connectivity index (χ0n) is 10.5. The van der Waals surface area contributed by atoms with Crippen molar-refractivity contribution < 1.29 is 9.66 Å². The number of ether oxygens (including phenoxy) is 1. The van der Waals surface area contributed by atoms with E-state index in [0.29, 0.717) is 11.3 Å².